The summed E-state index contributed by atoms with van der Waals surface area (Å²) in [7, 11) is 0. The van der Waals surface area contributed by atoms with Crippen molar-refractivity contribution < 1.29 is 19.8 Å². The summed E-state index contributed by atoms with van der Waals surface area (Å²) in [5.41, 5.74) is 9.13. The summed E-state index contributed by atoms with van der Waals surface area (Å²) in [6.07, 6.45) is 0.460. The molecule has 0 spiro atoms. The molecule has 28 heavy (non-hydrogen) atoms. The van der Waals surface area contributed by atoms with E-state index in [0.717, 1.165) is 0 Å². The zero-order chi connectivity index (χ0) is 20.6. The summed E-state index contributed by atoms with van der Waals surface area (Å²) in [6.45, 7) is 0.240. The van der Waals surface area contributed by atoms with E-state index in [1.807, 2.05) is 0 Å². The Morgan fingerprint density at radius 3 is 1.93 bits per heavy atom. The first-order valence-electron chi connectivity index (χ1n) is 8.78. The first kappa shape index (κ1) is 20.9. The zero-order valence-electron chi connectivity index (χ0n) is 15.3. The minimum Gasteiger partial charge on any atom is -0.480 e. The van der Waals surface area contributed by atoms with Crippen LogP contribution in [0.1, 0.15) is 24.0 Å². The van der Waals surface area contributed by atoms with Gasteiger partial charge in [-0.05, 0) is 24.0 Å². The van der Waals surface area contributed by atoms with Crippen LogP contribution in [0.5, 0.6) is 0 Å². The second kappa shape index (κ2) is 9.52. The van der Waals surface area contributed by atoms with Crippen LogP contribution in [0, 0.1) is 0 Å². The molecule has 8 heteroatoms. The predicted molar refractivity (Wildman–Crippen MR) is 105 cm³/mol. The molecule has 0 saturated heterocycles. The fraction of sp³-hybridized carbons (Fsp3) is 0.250. The number of aliphatic hydroxyl groups is 1. The van der Waals surface area contributed by atoms with Gasteiger partial charge in [-0.1, -0.05) is 60.7 Å². The van der Waals surface area contributed by atoms with Crippen molar-refractivity contribution in [3.05, 3.63) is 71.8 Å². The molecule has 0 aliphatic carbocycles. The Hall–Kier alpha value is -3.39. The number of nitrogens with one attached hydrogen (secondary N) is 1. The smallest absolute Gasteiger partial charge is 0.326 e. The molecule has 0 radical (unpaired) electrons. The van der Waals surface area contributed by atoms with Crippen molar-refractivity contribution in [1.29, 1.82) is 0 Å². The van der Waals surface area contributed by atoms with Gasteiger partial charge >= 0.3 is 5.97 Å². The second-order valence-electron chi connectivity index (χ2n) is 6.26. The van der Waals surface area contributed by atoms with Crippen LogP contribution >= 0.6 is 0 Å². The topological polar surface area (TPSA) is 151 Å². The molecule has 2 rings (SSSR count). The number of guanidine groups is 1. The van der Waals surface area contributed by atoms with E-state index >= 15 is 0 Å². The van der Waals surface area contributed by atoms with Gasteiger partial charge in [-0.25, -0.2) is 4.79 Å². The molecule has 0 aliphatic heterocycles. The molecule has 2 aromatic carbocycles. The number of rotatable bonds is 9. The molecule has 0 aromatic heterocycles. The Morgan fingerprint density at radius 2 is 1.50 bits per heavy atom. The van der Waals surface area contributed by atoms with Crippen LogP contribution < -0.4 is 16.8 Å². The van der Waals surface area contributed by atoms with Crippen LogP contribution in [0.15, 0.2) is 65.7 Å². The molecule has 7 N–H and O–H groups in total. The van der Waals surface area contributed by atoms with Gasteiger partial charge in [-0.15, -0.1) is 0 Å². The Balaban J connectivity index is 2.26. The maximum Gasteiger partial charge on any atom is 0.326 e. The van der Waals surface area contributed by atoms with Gasteiger partial charge in [0.1, 0.15) is 6.04 Å². The van der Waals surface area contributed by atoms with E-state index < -0.39 is 23.5 Å². The molecular formula is C20H24N4O4. The summed E-state index contributed by atoms with van der Waals surface area (Å²) in [6, 6.07) is 15.6. The number of amides is 1. The fourth-order valence-electron chi connectivity index (χ4n) is 2.81. The van der Waals surface area contributed by atoms with E-state index in [0.29, 0.717) is 17.5 Å². The lowest BCUT2D eigenvalue weighted by Crippen LogP contribution is -2.51. The lowest BCUT2D eigenvalue weighted by Gasteiger charge is -2.29. The van der Waals surface area contributed by atoms with Gasteiger partial charge in [0.25, 0.3) is 5.91 Å². The maximum atomic E-state index is 13.0. The van der Waals surface area contributed by atoms with Gasteiger partial charge in [0, 0.05) is 6.54 Å². The SMILES string of the molecule is NC(N)=NCCC[C@H](NC(=O)C(O)(c1ccccc1)c1ccccc1)C(=O)O. The molecule has 0 fully saturated rings. The van der Waals surface area contributed by atoms with Gasteiger partial charge in [0.05, 0.1) is 0 Å². The first-order chi connectivity index (χ1) is 13.4. The maximum absolute atomic E-state index is 13.0. The molecular weight excluding hydrogens is 360 g/mol. The molecule has 2 aromatic rings. The van der Waals surface area contributed by atoms with Crippen LogP contribution in [0.25, 0.3) is 0 Å². The molecule has 0 aliphatic rings. The van der Waals surface area contributed by atoms with Crippen molar-refractivity contribution in [2.75, 3.05) is 6.54 Å². The molecule has 0 bridgehead atoms. The summed E-state index contributed by atoms with van der Waals surface area (Å²) < 4.78 is 0. The van der Waals surface area contributed by atoms with E-state index in [2.05, 4.69) is 10.3 Å². The minimum atomic E-state index is -2.03. The monoisotopic (exact) mass is 384 g/mol. The number of carbonyl (C=O) groups excluding carboxylic acids is 1. The molecule has 8 nitrogen and oxygen atoms in total. The lowest BCUT2D eigenvalue weighted by atomic mass is 9.85. The van der Waals surface area contributed by atoms with Crippen molar-refractivity contribution in [3.63, 3.8) is 0 Å². The number of carbonyl (C=O) groups is 2. The molecule has 1 amide bonds. The second-order valence-corrected chi connectivity index (χ2v) is 6.26. The third-order valence-corrected chi connectivity index (χ3v) is 4.26. The quantitative estimate of drug-likeness (QED) is 0.242. The standard InChI is InChI=1S/C20H24N4O4/c21-19(22)23-13-7-12-16(17(25)26)24-18(27)20(28,14-8-3-1-4-9-14)15-10-5-2-6-11-15/h1-6,8-11,16,28H,7,12-13H2,(H,24,27)(H,25,26)(H4,21,22,23)/t16-/m0/s1. The van der Waals surface area contributed by atoms with Crippen LogP contribution in [0.2, 0.25) is 0 Å². The minimum absolute atomic E-state index is 0.0848. The first-order valence-corrected chi connectivity index (χ1v) is 8.78. The number of aliphatic imine (C=N–C) groups is 1. The third-order valence-electron chi connectivity index (χ3n) is 4.26. The van der Waals surface area contributed by atoms with Gasteiger partial charge < -0.3 is 27.0 Å². The normalized spacial score (nSPS) is 12.0. The Kier molecular flexibility index (Phi) is 7.11. The number of nitrogens with zero attached hydrogens (tertiary/aromatic N) is 1. The average Bonchev–Trinajstić information content (AvgIpc) is 2.70. The summed E-state index contributed by atoms with van der Waals surface area (Å²) in [5, 5.41) is 23.2. The number of hydrogen-bond donors (Lipinski definition) is 5. The Labute approximate surface area is 162 Å². The molecule has 0 unspecified atom stereocenters. The van der Waals surface area contributed by atoms with Crippen LogP contribution in [-0.2, 0) is 15.2 Å². The van der Waals surface area contributed by atoms with E-state index in [1.165, 1.54) is 0 Å². The number of benzene rings is 2. The van der Waals surface area contributed by atoms with Crippen molar-refractivity contribution in [1.82, 2.24) is 5.32 Å². The molecule has 148 valence electrons. The Morgan fingerprint density at radius 1 is 1.00 bits per heavy atom. The van der Waals surface area contributed by atoms with Gasteiger partial charge in [-0.2, -0.15) is 0 Å². The molecule has 1 atom stereocenters. The van der Waals surface area contributed by atoms with Gasteiger partial charge in [0.2, 0.25) is 0 Å². The zero-order valence-corrected chi connectivity index (χ0v) is 15.3. The van der Waals surface area contributed by atoms with E-state index in [4.69, 9.17) is 11.5 Å². The van der Waals surface area contributed by atoms with Crippen molar-refractivity contribution >= 4 is 17.8 Å². The number of aliphatic carboxylic acids is 1. The summed E-state index contributed by atoms with van der Waals surface area (Å²) in [4.78, 5) is 28.4. The Bertz CT molecular complexity index is 781. The number of hydrogen-bond acceptors (Lipinski definition) is 4. The highest BCUT2D eigenvalue weighted by molar-refractivity contribution is 5.93. The number of carboxylic acid groups (broad SMARTS) is 1. The van der Waals surface area contributed by atoms with Crippen LogP contribution in [0.3, 0.4) is 0 Å². The highest BCUT2D eigenvalue weighted by Gasteiger charge is 2.41. The lowest BCUT2D eigenvalue weighted by molar-refractivity contribution is -0.146. The number of nitrogens with two attached hydrogens (primary N) is 2. The fourth-order valence-corrected chi connectivity index (χ4v) is 2.81. The van der Waals surface area contributed by atoms with E-state index in [-0.39, 0.29) is 18.9 Å². The number of carboxylic acids is 1. The van der Waals surface area contributed by atoms with E-state index in [9.17, 15) is 19.8 Å². The molecule has 0 heterocycles. The molecule has 0 saturated carbocycles. The predicted octanol–water partition coefficient (Wildman–Crippen LogP) is 0.546. The summed E-state index contributed by atoms with van der Waals surface area (Å²) in [5.74, 6) is -2.11. The average molecular weight is 384 g/mol. The van der Waals surface area contributed by atoms with E-state index in [1.54, 1.807) is 60.7 Å². The van der Waals surface area contributed by atoms with Crippen LogP contribution in [-0.4, -0.2) is 40.6 Å². The van der Waals surface area contributed by atoms with Gasteiger partial charge in [0.15, 0.2) is 11.6 Å². The van der Waals surface area contributed by atoms with Gasteiger partial charge in [-0.3, -0.25) is 9.79 Å². The van der Waals surface area contributed by atoms with Crippen molar-refractivity contribution in [2.45, 2.75) is 24.5 Å². The highest BCUT2D eigenvalue weighted by Crippen LogP contribution is 2.30. The highest BCUT2D eigenvalue weighted by atomic mass is 16.4. The largest absolute Gasteiger partial charge is 0.480 e. The summed E-state index contributed by atoms with van der Waals surface area (Å²) >= 11 is 0. The van der Waals surface area contributed by atoms with Crippen molar-refractivity contribution in [2.24, 2.45) is 16.5 Å². The third kappa shape index (κ3) is 5.08. The van der Waals surface area contributed by atoms with Crippen LogP contribution in [0.4, 0.5) is 0 Å². The van der Waals surface area contributed by atoms with Crippen molar-refractivity contribution in [3.8, 4) is 0 Å².